The Morgan fingerprint density at radius 2 is 2.32 bits per heavy atom. The van der Waals surface area contributed by atoms with E-state index in [0.717, 1.165) is 24.3 Å². The molecule has 0 spiro atoms. The van der Waals surface area contributed by atoms with Gasteiger partial charge in [-0.25, -0.2) is 4.79 Å². The molecule has 1 fully saturated rings. The summed E-state index contributed by atoms with van der Waals surface area (Å²) in [6.07, 6.45) is 2.43. The van der Waals surface area contributed by atoms with Crippen LogP contribution in [0.1, 0.15) is 18.4 Å². The topological polar surface area (TPSA) is 44.4 Å². The molecule has 1 aromatic rings. The number of benzene rings is 1. The Balaban J connectivity index is 1.75. The molecule has 0 unspecified atom stereocenters. The molecule has 4 heteroatoms. The minimum absolute atomic E-state index is 0.112. The van der Waals surface area contributed by atoms with Crippen molar-refractivity contribution in [3.8, 4) is 0 Å². The van der Waals surface area contributed by atoms with Crippen LogP contribution in [0, 0.1) is 12.8 Å². The van der Waals surface area contributed by atoms with Crippen LogP contribution in [0.15, 0.2) is 24.3 Å². The van der Waals surface area contributed by atoms with Crippen LogP contribution >= 0.6 is 0 Å². The van der Waals surface area contributed by atoms with Crippen molar-refractivity contribution in [3.05, 3.63) is 29.8 Å². The van der Waals surface area contributed by atoms with Crippen molar-refractivity contribution in [2.75, 3.05) is 32.0 Å². The fourth-order valence-electron chi connectivity index (χ4n) is 2.57. The Kier molecular flexibility index (Phi) is 4.80. The number of carbonyl (C=O) groups excluding carboxylic acids is 1. The SMILES string of the molecule is Cc1cccc(NC(=O)NC[C@@H]2CCCN(C)C2)c1. The molecule has 0 radical (unpaired) electrons. The molecule has 1 aliphatic heterocycles. The Morgan fingerprint density at radius 3 is 3.05 bits per heavy atom. The van der Waals surface area contributed by atoms with Crippen LogP contribution in [0.5, 0.6) is 0 Å². The van der Waals surface area contributed by atoms with Gasteiger partial charge in [-0.05, 0) is 57.0 Å². The van der Waals surface area contributed by atoms with Gasteiger partial charge >= 0.3 is 6.03 Å². The lowest BCUT2D eigenvalue weighted by Gasteiger charge is -2.29. The average molecular weight is 261 g/mol. The first-order valence-electron chi connectivity index (χ1n) is 6.93. The molecule has 1 heterocycles. The van der Waals surface area contributed by atoms with Gasteiger partial charge in [0, 0.05) is 18.8 Å². The third kappa shape index (κ3) is 4.56. The molecule has 1 aliphatic rings. The number of hydrogen-bond donors (Lipinski definition) is 2. The maximum absolute atomic E-state index is 11.8. The monoisotopic (exact) mass is 261 g/mol. The second-order valence-corrected chi connectivity index (χ2v) is 5.48. The van der Waals surface area contributed by atoms with Crippen LogP contribution in [-0.4, -0.2) is 37.6 Å². The number of likely N-dealkylation sites (tertiary alicyclic amines) is 1. The van der Waals surface area contributed by atoms with E-state index < -0.39 is 0 Å². The maximum atomic E-state index is 11.8. The normalized spacial score (nSPS) is 20.0. The summed E-state index contributed by atoms with van der Waals surface area (Å²) in [6.45, 7) is 5.01. The Labute approximate surface area is 115 Å². The number of nitrogens with one attached hydrogen (secondary N) is 2. The Hall–Kier alpha value is -1.55. The molecule has 0 saturated carbocycles. The fourth-order valence-corrected chi connectivity index (χ4v) is 2.57. The van der Waals surface area contributed by atoms with Gasteiger partial charge in [-0.1, -0.05) is 12.1 Å². The minimum atomic E-state index is -0.112. The van der Waals surface area contributed by atoms with Gasteiger partial charge in [-0.15, -0.1) is 0 Å². The highest BCUT2D eigenvalue weighted by Crippen LogP contribution is 2.14. The van der Waals surface area contributed by atoms with Crippen LogP contribution in [0.25, 0.3) is 0 Å². The summed E-state index contributed by atoms with van der Waals surface area (Å²) in [5.41, 5.74) is 1.99. The van der Waals surface area contributed by atoms with Crippen LogP contribution in [0.4, 0.5) is 10.5 Å². The molecular formula is C15H23N3O. The van der Waals surface area contributed by atoms with Crippen LogP contribution < -0.4 is 10.6 Å². The van der Waals surface area contributed by atoms with E-state index in [9.17, 15) is 4.79 Å². The van der Waals surface area contributed by atoms with E-state index >= 15 is 0 Å². The minimum Gasteiger partial charge on any atom is -0.338 e. The van der Waals surface area contributed by atoms with Gasteiger partial charge in [-0.2, -0.15) is 0 Å². The lowest BCUT2D eigenvalue weighted by atomic mass is 9.99. The number of piperidine rings is 1. The van der Waals surface area contributed by atoms with Gasteiger partial charge < -0.3 is 15.5 Å². The summed E-state index contributed by atoms with van der Waals surface area (Å²) < 4.78 is 0. The summed E-state index contributed by atoms with van der Waals surface area (Å²) in [6, 6.07) is 7.72. The molecule has 1 atom stereocenters. The molecule has 19 heavy (non-hydrogen) atoms. The molecule has 4 nitrogen and oxygen atoms in total. The average Bonchev–Trinajstić information content (AvgIpc) is 2.36. The summed E-state index contributed by atoms with van der Waals surface area (Å²) >= 11 is 0. The van der Waals surface area contributed by atoms with Gasteiger partial charge in [0.25, 0.3) is 0 Å². The number of anilines is 1. The van der Waals surface area contributed by atoms with E-state index in [0.29, 0.717) is 5.92 Å². The van der Waals surface area contributed by atoms with Gasteiger partial charge in [0.2, 0.25) is 0 Å². The zero-order valence-electron chi connectivity index (χ0n) is 11.8. The molecular weight excluding hydrogens is 238 g/mol. The predicted molar refractivity (Wildman–Crippen MR) is 78.4 cm³/mol. The molecule has 2 amide bonds. The van der Waals surface area contributed by atoms with Crippen molar-refractivity contribution in [3.63, 3.8) is 0 Å². The first-order chi connectivity index (χ1) is 9.13. The van der Waals surface area contributed by atoms with E-state index in [4.69, 9.17) is 0 Å². The van der Waals surface area contributed by atoms with E-state index in [1.54, 1.807) is 0 Å². The second kappa shape index (κ2) is 6.57. The van der Waals surface area contributed by atoms with Gasteiger partial charge in [0.15, 0.2) is 0 Å². The zero-order valence-corrected chi connectivity index (χ0v) is 11.8. The Bertz CT molecular complexity index is 433. The molecule has 104 valence electrons. The highest BCUT2D eigenvalue weighted by molar-refractivity contribution is 5.89. The summed E-state index contributed by atoms with van der Waals surface area (Å²) in [7, 11) is 2.14. The van der Waals surface area contributed by atoms with Gasteiger partial charge in [0.1, 0.15) is 0 Å². The van der Waals surface area contributed by atoms with Crippen molar-refractivity contribution in [2.24, 2.45) is 5.92 Å². The predicted octanol–water partition coefficient (Wildman–Crippen LogP) is 2.46. The summed E-state index contributed by atoms with van der Waals surface area (Å²) in [5.74, 6) is 0.571. The van der Waals surface area contributed by atoms with E-state index in [1.807, 2.05) is 31.2 Å². The van der Waals surface area contributed by atoms with Crippen LogP contribution in [-0.2, 0) is 0 Å². The van der Waals surface area contributed by atoms with Gasteiger partial charge in [-0.3, -0.25) is 0 Å². The smallest absolute Gasteiger partial charge is 0.319 e. The maximum Gasteiger partial charge on any atom is 0.319 e. The quantitative estimate of drug-likeness (QED) is 0.878. The zero-order chi connectivity index (χ0) is 13.7. The summed E-state index contributed by atoms with van der Waals surface area (Å²) in [4.78, 5) is 14.1. The number of aryl methyl sites for hydroxylation is 1. The largest absolute Gasteiger partial charge is 0.338 e. The van der Waals surface area contributed by atoms with Crippen LogP contribution in [0.2, 0.25) is 0 Å². The number of carbonyl (C=O) groups is 1. The van der Waals surface area contributed by atoms with Gasteiger partial charge in [0.05, 0.1) is 0 Å². The fraction of sp³-hybridized carbons (Fsp3) is 0.533. The third-order valence-electron chi connectivity index (χ3n) is 3.55. The number of nitrogens with zero attached hydrogens (tertiary/aromatic N) is 1. The van der Waals surface area contributed by atoms with E-state index in [2.05, 4.69) is 22.6 Å². The second-order valence-electron chi connectivity index (χ2n) is 5.48. The number of amides is 2. The number of urea groups is 1. The summed E-state index contributed by atoms with van der Waals surface area (Å²) in [5, 5.41) is 5.83. The van der Waals surface area contributed by atoms with Crippen molar-refractivity contribution in [1.29, 1.82) is 0 Å². The standard InChI is InChI=1S/C15H23N3O/c1-12-5-3-7-14(9-12)17-15(19)16-10-13-6-4-8-18(2)11-13/h3,5,7,9,13H,4,6,8,10-11H2,1-2H3,(H2,16,17,19)/t13-/m0/s1. The first-order valence-corrected chi connectivity index (χ1v) is 6.93. The highest BCUT2D eigenvalue weighted by atomic mass is 16.2. The molecule has 0 bridgehead atoms. The molecule has 2 N–H and O–H groups in total. The van der Waals surface area contributed by atoms with Crippen molar-refractivity contribution < 1.29 is 4.79 Å². The van der Waals surface area contributed by atoms with E-state index in [1.165, 1.54) is 19.4 Å². The van der Waals surface area contributed by atoms with Crippen molar-refractivity contribution >= 4 is 11.7 Å². The third-order valence-corrected chi connectivity index (χ3v) is 3.55. The van der Waals surface area contributed by atoms with Crippen molar-refractivity contribution in [2.45, 2.75) is 19.8 Å². The Morgan fingerprint density at radius 1 is 1.47 bits per heavy atom. The molecule has 0 aliphatic carbocycles. The van der Waals surface area contributed by atoms with Crippen LogP contribution in [0.3, 0.4) is 0 Å². The first kappa shape index (κ1) is 13.9. The number of hydrogen-bond acceptors (Lipinski definition) is 2. The molecule has 1 saturated heterocycles. The lowest BCUT2D eigenvalue weighted by Crippen LogP contribution is -2.40. The van der Waals surface area contributed by atoms with E-state index in [-0.39, 0.29) is 6.03 Å². The lowest BCUT2D eigenvalue weighted by molar-refractivity contribution is 0.204. The van der Waals surface area contributed by atoms with Crippen molar-refractivity contribution in [1.82, 2.24) is 10.2 Å². The number of rotatable bonds is 3. The molecule has 2 rings (SSSR count). The molecule has 0 aromatic heterocycles. The molecule has 1 aromatic carbocycles. The highest BCUT2D eigenvalue weighted by Gasteiger charge is 2.17.